The zero-order chi connectivity index (χ0) is 23.1. The average molecular weight is 498 g/mol. The standard InChI is InChI=1S/C11H18FN2O13P3/c1-5-3-14(11(17)13-9(5)16)8-2-6(15)7(26-8)4-25-30(23,24)27-29(21,22)10(12)28(18,19)20/h3,6-8,10,15H,2,4H2,1H3,(H,21,22)(H,23,24)(H,13,16,17)(H2,18,19,20)/t6-,7+,8+,10+/m0/s1. The highest BCUT2D eigenvalue weighted by Crippen LogP contribution is 2.70. The zero-order valence-corrected chi connectivity index (χ0v) is 17.7. The van der Waals surface area contributed by atoms with Gasteiger partial charge in [-0.15, -0.1) is 0 Å². The number of nitrogens with zero attached hydrogens (tertiary/aromatic N) is 1. The number of aryl methyl sites for hydroxylation is 1. The van der Waals surface area contributed by atoms with Crippen LogP contribution < -0.4 is 11.2 Å². The number of aliphatic hydroxyl groups is 1. The Labute approximate surface area is 166 Å². The molecule has 2 heterocycles. The Kier molecular flexibility index (Phi) is 7.44. The Hall–Kier alpha value is -1.02. The first kappa shape index (κ1) is 25.2. The topological polar surface area (TPSA) is 235 Å². The van der Waals surface area contributed by atoms with E-state index in [1.165, 1.54) is 6.92 Å². The molecule has 1 aliphatic heterocycles. The summed E-state index contributed by atoms with van der Waals surface area (Å²) in [5.74, 6) is 0. The summed E-state index contributed by atoms with van der Waals surface area (Å²) in [6, 6.07) is 0. The molecular weight excluding hydrogens is 480 g/mol. The molecule has 1 aromatic heterocycles. The second kappa shape index (κ2) is 8.85. The summed E-state index contributed by atoms with van der Waals surface area (Å²) >= 11 is 0. The number of ether oxygens (including phenoxy) is 1. The normalized spacial score (nSPS) is 27.4. The summed E-state index contributed by atoms with van der Waals surface area (Å²) in [5.41, 5.74) is -5.12. The van der Waals surface area contributed by atoms with Crippen molar-refractivity contribution in [2.75, 3.05) is 6.61 Å². The fraction of sp³-hybridized carbons (Fsp3) is 0.636. The molecule has 6 N–H and O–H groups in total. The quantitative estimate of drug-likeness (QED) is 0.242. The number of phosphoric ester groups is 1. The van der Waals surface area contributed by atoms with Gasteiger partial charge in [0.1, 0.15) is 12.3 Å². The first-order chi connectivity index (χ1) is 13.5. The highest BCUT2D eigenvalue weighted by Gasteiger charge is 2.51. The van der Waals surface area contributed by atoms with E-state index in [4.69, 9.17) is 14.5 Å². The number of alkyl halides is 1. The van der Waals surface area contributed by atoms with Crippen LogP contribution in [0.5, 0.6) is 0 Å². The van der Waals surface area contributed by atoms with E-state index in [2.05, 4.69) is 8.83 Å². The van der Waals surface area contributed by atoms with Crippen LogP contribution in [0.25, 0.3) is 0 Å². The molecule has 1 saturated heterocycles. The third kappa shape index (κ3) is 6.02. The maximum Gasteiger partial charge on any atom is 0.479 e. The number of halogens is 1. The van der Waals surface area contributed by atoms with E-state index in [-0.39, 0.29) is 12.0 Å². The number of H-pyrrole nitrogens is 1. The van der Waals surface area contributed by atoms with Crippen molar-refractivity contribution in [3.63, 3.8) is 0 Å². The second-order valence-corrected chi connectivity index (χ2v) is 11.7. The van der Waals surface area contributed by atoms with Crippen LogP contribution in [-0.2, 0) is 27.3 Å². The van der Waals surface area contributed by atoms with Crippen molar-refractivity contribution in [1.82, 2.24) is 9.55 Å². The van der Waals surface area contributed by atoms with Gasteiger partial charge in [-0.2, -0.15) is 0 Å². The fourth-order valence-corrected chi connectivity index (χ4v) is 6.32. The minimum atomic E-state index is -5.93. The number of nitrogens with one attached hydrogen (secondary N) is 1. The highest BCUT2D eigenvalue weighted by atomic mass is 31.3. The summed E-state index contributed by atoms with van der Waals surface area (Å²) < 4.78 is 61.5. The minimum Gasteiger partial charge on any atom is -0.390 e. The van der Waals surface area contributed by atoms with E-state index in [0.717, 1.165) is 10.8 Å². The van der Waals surface area contributed by atoms with E-state index >= 15 is 0 Å². The molecule has 2 unspecified atom stereocenters. The molecule has 0 saturated carbocycles. The molecule has 2 rings (SSSR count). The van der Waals surface area contributed by atoms with E-state index in [0.29, 0.717) is 0 Å². The molecule has 30 heavy (non-hydrogen) atoms. The monoisotopic (exact) mass is 498 g/mol. The third-order valence-electron chi connectivity index (χ3n) is 3.83. The molecule has 0 radical (unpaired) electrons. The highest BCUT2D eigenvalue weighted by molar-refractivity contribution is 7.74. The number of hydrogen-bond acceptors (Lipinski definition) is 9. The van der Waals surface area contributed by atoms with Crippen LogP contribution in [0.4, 0.5) is 4.39 Å². The Morgan fingerprint density at radius 2 is 1.90 bits per heavy atom. The van der Waals surface area contributed by atoms with Crippen LogP contribution in [0, 0.1) is 6.92 Å². The van der Waals surface area contributed by atoms with Crippen LogP contribution in [0.2, 0.25) is 0 Å². The Balaban J connectivity index is 2.05. The number of phosphoric acid groups is 1. The molecule has 0 bridgehead atoms. The van der Waals surface area contributed by atoms with E-state index in [1.807, 2.05) is 4.98 Å². The van der Waals surface area contributed by atoms with Crippen molar-refractivity contribution in [2.45, 2.75) is 37.4 Å². The van der Waals surface area contributed by atoms with Gasteiger partial charge in [0.2, 0.25) is 0 Å². The Morgan fingerprint density at radius 3 is 2.47 bits per heavy atom. The molecule has 0 aliphatic carbocycles. The number of aromatic nitrogens is 2. The molecule has 1 aliphatic rings. The van der Waals surface area contributed by atoms with E-state index in [1.54, 1.807) is 0 Å². The second-order valence-electron chi connectivity index (χ2n) is 6.22. The van der Waals surface area contributed by atoms with Gasteiger partial charge in [0.15, 0.2) is 0 Å². The molecule has 1 aromatic rings. The third-order valence-corrected chi connectivity index (χ3v) is 8.94. The van der Waals surface area contributed by atoms with Crippen LogP contribution in [0.1, 0.15) is 18.2 Å². The lowest BCUT2D eigenvalue weighted by molar-refractivity contribution is -0.0449. The van der Waals surface area contributed by atoms with Gasteiger partial charge in [0.05, 0.1) is 12.7 Å². The SMILES string of the molecule is Cc1cn([C@H]2C[C@H](O)[C@@H](COP(=O)(O)OP(=O)(O)[C@H](F)P(=O)(O)O)O2)c(=O)[nH]c1=O. The van der Waals surface area contributed by atoms with Crippen molar-refractivity contribution in [2.24, 2.45) is 0 Å². The van der Waals surface area contributed by atoms with Crippen molar-refractivity contribution in [3.05, 3.63) is 32.6 Å². The van der Waals surface area contributed by atoms with Crippen LogP contribution in [0.3, 0.4) is 0 Å². The molecule has 172 valence electrons. The van der Waals surface area contributed by atoms with E-state index in [9.17, 15) is 42.6 Å². The number of aliphatic hydroxyl groups excluding tert-OH is 1. The number of hydrogen-bond donors (Lipinski definition) is 6. The van der Waals surface area contributed by atoms with Crippen molar-refractivity contribution in [3.8, 4) is 0 Å². The van der Waals surface area contributed by atoms with Crippen LogP contribution in [0.15, 0.2) is 15.8 Å². The van der Waals surface area contributed by atoms with Gasteiger partial charge >= 0.3 is 28.7 Å². The van der Waals surface area contributed by atoms with Crippen LogP contribution in [-0.4, -0.2) is 58.7 Å². The Bertz CT molecular complexity index is 1050. The molecule has 6 atom stereocenters. The largest absolute Gasteiger partial charge is 0.479 e. The zero-order valence-electron chi connectivity index (χ0n) is 15.0. The maximum atomic E-state index is 13.3. The molecule has 1 fully saturated rings. The smallest absolute Gasteiger partial charge is 0.390 e. The summed E-state index contributed by atoms with van der Waals surface area (Å²) in [6.45, 7) is 0.457. The summed E-state index contributed by atoms with van der Waals surface area (Å²) in [4.78, 5) is 61.0. The minimum absolute atomic E-state index is 0.158. The molecule has 19 heteroatoms. The lowest BCUT2D eigenvalue weighted by Gasteiger charge is -2.21. The molecule has 0 aromatic carbocycles. The summed E-state index contributed by atoms with van der Waals surface area (Å²) in [5, 5.41) is 9.99. The van der Waals surface area contributed by atoms with Crippen molar-refractivity contribution >= 4 is 23.0 Å². The van der Waals surface area contributed by atoms with Gasteiger partial charge in [-0.05, 0) is 6.92 Å². The Morgan fingerprint density at radius 1 is 1.30 bits per heavy atom. The van der Waals surface area contributed by atoms with Crippen LogP contribution >= 0.6 is 23.0 Å². The van der Waals surface area contributed by atoms with Crippen molar-refractivity contribution < 1.29 is 56.3 Å². The lowest BCUT2D eigenvalue weighted by atomic mass is 10.2. The number of aromatic amines is 1. The first-order valence-corrected chi connectivity index (χ1v) is 12.7. The van der Waals surface area contributed by atoms with Crippen molar-refractivity contribution in [1.29, 1.82) is 0 Å². The predicted molar refractivity (Wildman–Crippen MR) is 94.2 cm³/mol. The van der Waals surface area contributed by atoms with Gasteiger partial charge < -0.3 is 29.4 Å². The molecule has 15 nitrogen and oxygen atoms in total. The maximum absolute atomic E-state index is 13.3. The lowest BCUT2D eigenvalue weighted by Crippen LogP contribution is -2.33. The summed E-state index contributed by atoms with van der Waals surface area (Å²) in [6.07, 6.45) is -2.88. The van der Waals surface area contributed by atoms with Gasteiger partial charge in [0.25, 0.3) is 11.2 Å². The van der Waals surface area contributed by atoms with Gasteiger partial charge in [0, 0.05) is 18.2 Å². The number of rotatable bonds is 8. The first-order valence-electron chi connectivity index (χ1n) is 7.89. The fourth-order valence-electron chi connectivity index (χ4n) is 2.40. The van der Waals surface area contributed by atoms with Gasteiger partial charge in [-0.3, -0.25) is 28.0 Å². The van der Waals surface area contributed by atoms with Gasteiger partial charge in [-0.25, -0.2) is 18.1 Å². The summed E-state index contributed by atoms with van der Waals surface area (Å²) in [7, 11) is -17.2. The average Bonchev–Trinajstić information content (AvgIpc) is 2.94. The molecule has 0 amide bonds. The van der Waals surface area contributed by atoms with Gasteiger partial charge in [-0.1, -0.05) is 0 Å². The molecular formula is C11H18FN2O13P3. The predicted octanol–water partition coefficient (Wildman–Crippen LogP) is -0.757. The molecule has 0 spiro atoms. The van der Waals surface area contributed by atoms with E-state index < -0.39 is 65.0 Å².